The Labute approximate surface area is 224 Å². The minimum Gasteiger partial charge on any atom is -1.00 e. The number of hydrogen-bond acceptors (Lipinski definition) is 3. The fourth-order valence-electron chi connectivity index (χ4n) is 2.54. The van der Waals surface area contributed by atoms with Crippen LogP contribution in [0.5, 0.6) is 0 Å². The standard InChI is InChI=1S/C20H38NO5P.2Na.2H/c1-2-3-4-5-6-7-8-9-10-11-12-13-14-15-16-17-20(22)21-18-19-26-27(23,24)25;;;;/h6-7,9-10H,2-5,8,11-19H2,1H3,(H,21,22)(H2,23,24,25);;;;/q;2*+1;2*-1/b7-6-,10-9-;;;;. The molecule has 0 aromatic rings. The normalized spacial score (nSPS) is 11.4. The predicted molar refractivity (Wildman–Crippen MR) is 113 cm³/mol. The van der Waals surface area contributed by atoms with Crippen molar-refractivity contribution in [2.24, 2.45) is 0 Å². The molecule has 0 fully saturated rings. The Bertz CT molecular complexity index is 480. The molecule has 0 saturated heterocycles. The van der Waals surface area contributed by atoms with Crippen LogP contribution in [0.3, 0.4) is 0 Å². The first kappa shape index (κ1) is 34.7. The van der Waals surface area contributed by atoms with E-state index < -0.39 is 7.82 Å². The van der Waals surface area contributed by atoms with Gasteiger partial charge in [0.05, 0.1) is 6.61 Å². The van der Waals surface area contributed by atoms with Gasteiger partial charge in [0.1, 0.15) is 0 Å². The third-order valence-electron chi connectivity index (χ3n) is 4.04. The second-order valence-electron chi connectivity index (χ2n) is 6.65. The maximum Gasteiger partial charge on any atom is 1.00 e. The van der Waals surface area contributed by atoms with Crippen LogP contribution in [0.4, 0.5) is 0 Å². The maximum absolute atomic E-state index is 11.5. The molecule has 3 N–H and O–H groups in total. The summed E-state index contributed by atoms with van der Waals surface area (Å²) in [6.45, 7) is 2.16. The van der Waals surface area contributed by atoms with Crippen LogP contribution in [0, 0.1) is 0 Å². The van der Waals surface area contributed by atoms with Gasteiger partial charge < -0.3 is 18.0 Å². The second kappa shape index (κ2) is 25.3. The first-order valence-electron chi connectivity index (χ1n) is 10.2. The minimum atomic E-state index is -4.44. The number of amides is 1. The van der Waals surface area contributed by atoms with Gasteiger partial charge in [-0.2, -0.15) is 0 Å². The van der Waals surface area contributed by atoms with E-state index in [1.165, 1.54) is 38.5 Å². The van der Waals surface area contributed by atoms with Gasteiger partial charge >= 0.3 is 66.9 Å². The molecule has 0 aliphatic heterocycles. The molecule has 0 bridgehead atoms. The monoisotopic (exact) mass is 451 g/mol. The molecular weight excluding hydrogens is 411 g/mol. The molecular formula is C20H40NNa2O5P. The molecule has 0 aliphatic carbocycles. The quantitative estimate of drug-likeness (QED) is 0.110. The SMILES string of the molecule is CCCCC/C=C\C/C=C\CCCCCCCC(=O)NCCOP(=O)(O)O.[H-].[H-].[Na+].[Na+]. The Kier molecular flexibility index (Phi) is 30.3. The van der Waals surface area contributed by atoms with E-state index in [0.717, 1.165) is 32.1 Å². The summed E-state index contributed by atoms with van der Waals surface area (Å²) < 4.78 is 14.7. The van der Waals surface area contributed by atoms with Crippen molar-refractivity contribution in [2.75, 3.05) is 13.2 Å². The van der Waals surface area contributed by atoms with E-state index in [4.69, 9.17) is 9.79 Å². The maximum atomic E-state index is 11.5. The smallest absolute Gasteiger partial charge is 1.00 e. The average Bonchev–Trinajstić information content (AvgIpc) is 2.61. The molecule has 0 heterocycles. The molecule has 0 unspecified atom stereocenters. The Hall–Kier alpha value is 1.06. The van der Waals surface area contributed by atoms with Crippen LogP contribution in [-0.4, -0.2) is 28.8 Å². The Balaban J connectivity index is -0.000000563. The van der Waals surface area contributed by atoms with Crippen molar-refractivity contribution in [3.8, 4) is 0 Å². The third-order valence-corrected chi connectivity index (χ3v) is 4.56. The molecule has 0 aromatic carbocycles. The van der Waals surface area contributed by atoms with Crippen LogP contribution in [0.2, 0.25) is 0 Å². The molecule has 6 nitrogen and oxygen atoms in total. The molecule has 0 radical (unpaired) electrons. The Morgan fingerprint density at radius 1 is 0.931 bits per heavy atom. The van der Waals surface area contributed by atoms with Crippen LogP contribution in [-0.2, 0) is 13.9 Å². The van der Waals surface area contributed by atoms with Crippen LogP contribution in [0.25, 0.3) is 0 Å². The number of unbranched alkanes of at least 4 members (excludes halogenated alkanes) is 8. The summed E-state index contributed by atoms with van der Waals surface area (Å²) >= 11 is 0. The van der Waals surface area contributed by atoms with E-state index in [-0.39, 0.29) is 81.0 Å². The molecule has 0 saturated carbocycles. The van der Waals surface area contributed by atoms with Crippen molar-refractivity contribution in [3.05, 3.63) is 24.3 Å². The van der Waals surface area contributed by atoms with Crippen molar-refractivity contribution < 1.29 is 85.6 Å². The summed E-state index contributed by atoms with van der Waals surface area (Å²) in [6, 6.07) is 0. The van der Waals surface area contributed by atoms with Gasteiger partial charge in [-0.15, -0.1) is 0 Å². The van der Waals surface area contributed by atoms with E-state index in [0.29, 0.717) is 6.42 Å². The minimum absolute atomic E-state index is 0. The number of nitrogens with one attached hydrogen (secondary N) is 1. The molecule has 162 valence electrons. The summed E-state index contributed by atoms with van der Waals surface area (Å²) in [5.41, 5.74) is 0. The van der Waals surface area contributed by atoms with Gasteiger partial charge in [-0.05, 0) is 38.5 Å². The van der Waals surface area contributed by atoms with Crippen molar-refractivity contribution >= 4 is 13.7 Å². The zero-order valence-electron chi connectivity index (χ0n) is 20.8. The van der Waals surface area contributed by atoms with Crippen LogP contribution >= 0.6 is 7.82 Å². The molecule has 0 atom stereocenters. The molecule has 0 aromatic heterocycles. The zero-order valence-corrected chi connectivity index (χ0v) is 23.7. The number of carbonyl (C=O) groups excluding carboxylic acids is 1. The van der Waals surface area contributed by atoms with Crippen molar-refractivity contribution in [3.63, 3.8) is 0 Å². The first-order valence-corrected chi connectivity index (χ1v) is 11.8. The van der Waals surface area contributed by atoms with E-state index in [2.05, 4.69) is 41.1 Å². The number of rotatable bonds is 18. The Morgan fingerprint density at radius 2 is 1.48 bits per heavy atom. The van der Waals surface area contributed by atoms with Crippen molar-refractivity contribution in [1.82, 2.24) is 5.32 Å². The molecule has 1 amide bonds. The summed E-state index contributed by atoms with van der Waals surface area (Å²) in [4.78, 5) is 28.5. The number of carbonyl (C=O) groups is 1. The molecule has 0 rings (SSSR count). The third kappa shape index (κ3) is 31.3. The number of phosphoric acid groups is 1. The largest absolute Gasteiger partial charge is 1.00 e. The molecule has 0 spiro atoms. The zero-order chi connectivity index (χ0) is 20.2. The topological polar surface area (TPSA) is 95.9 Å². The fourth-order valence-corrected chi connectivity index (χ4v) is 2.87. The van der Waals surface area contributed by atoms with Crippen molar-refractivity contribution in [2.45, 2.75) is 84.0 Å². The van der Waals surface area contributed by atoms with Crippen LogP contribution in [0.15, 0.2) is 24.3 Å². The van der Waals surface area contributed by atoms with Gasteiger partial charge in [0, 0.05) is 13.0 Å². The first-order chi connectivity index (χ1) is 13.0. The molecule has 29 heavy (non-hydrogen) atoms. The van der Waals surface area contributed by atoms with Gasteiger partial charge in [-0.3, -0.25) is 9.32 Å². The summed E-state index contributed by atoms with van der Waals surface area (Å²) in [6.07, 6.45) is 22.0. The fraction of sp³-hybridized carbons (Fsp3) is 0.750. The van der Waals surface area contributed by atoms with Crippen molar-refractivity contribution in [1.29, 1.82) is 0 Å². The summed E-state index contributed by atoms with van der Waals surface area (Å²) in [7, 11) is -4.44. The van der Waals surface area contributed by atoms with E-state index in [9.17, 15) is 9.36 Å². The molecule has 0 aliphatic rings. The van der Waals surface area contributed by atoms with E-state index in [1.54, 1.807) is 0 Å². The van der Waals surface area contributed by atoms with Crippen LogP contribution < -0.4 is 64.4 Å². The second-order valence-corrected chi connectivity index (χ2v) is 7.89. The predicted octanol–water partition coefficient (Wildman–Crippen LogP) is -0.742. The number of hydrogen-bond donors (Lipinski definition) is 3. The number of phosphoric ester groups is 1. The summed E-state index contributed by atoms with van der Waals surface area (Å²) in [5, 5.41) is 2.58. The van der Waals surface area contributed by atoms with Gasteiger partial charge in [-0.1, -0.05) is 63.3 Å². The summed E-state index contributed by atoms with van der Waals surface area (Å²) in [5.74, 6) is -0.102. The molecule has 9 heteroatoms. The average molecular weight is 451 g/mol. The van der Waals surface area contributed by atoms with Gasteiger partial charge in [0.25, 0.3) is 0 Å². The van der Waals surface area contributed by atoms with E-state index >= 15 is 0 Å². The van der Waals surface area contributed by atoms with Gasteiger partial charge in [0.15, 0.2) is 0 Å². The Morgan fingerprint density at radius 3 is 2.07 bits per heavy atom. The van der Waals surface area contributed by atoms with Gasteiger partial charge in [0.2, 0.25) is 5.91 Å². The van der Waals surface area contributed by atoms with E-state index in [1.807, 2.05) is 0 Å². The van der Waals surface area contributed by atoms with Gasteiger partial charge in [-0.25, -0.2) is 4.57 Å². The van der Waals surface area contributed by atoms with Crippen LogP contribution in [0.1, 0.15) is 86.8 Å². The number of allylic oxidation sites excluding steroid dienone is 4.